The molecule has 0 spiro atoms. The lowest BCUT2D eigenvalue weighted by Gasteiger charge is -2.22. The number of amides is 1. The summed E-state index contributed by atoms with van der Waals surface area (Å²) < 4.78 is 7.40. The molecule has 0 N–H and O–H groups in total. The molecule has 2 aromatic heterocycles. The van der Waals surface area contributed by atoms with Crippen molar-refractivity contribution in [2.24, 2.45) is 12.1 Å². The number of carbonyl (C=O) groups excluding carboxylic acids is 1. The molecule has 0 saturated heterocycles. The van der Waals surface area contributed by atoms with E-state index in [0.29, 0.717) is 21.8 Å². The molecule has 0 saturated carbocycles. The second-order valence-electron chi connectivity index (χ2n) is 7.83. The highest BCUT2D eigenvalue weighted by Gasteiger charge is 2.33. The summed E-state index contributed by atoms with van der Waals surface area (Å²) in [5, 5.41) is 8.65. The van der Waals surface area contributed by atoms with Gasteiger partial charge in [-0.05, 0) is 34.7 Å². The maximum atomic E-state index is 13.4. The van der Waals surface area contributed by atoms with Gasteiger partial charge in [0.2, 0.25) is 0 Å². The van der Waals surface area contributed by atoms with E-state index in [9.17, 15) is 9.59 Å². The number of hydrazone groups is 1. The fourth-order valence-electron chi connectivity index (χ4n) is 3.92. The first-order chi connectivity index (χ1) is 16.5. The van der Waals surface area contributed by atoms with Crippen molar-refractivity contribution in [2.45, 2.75) is 17.6 Å². The second kappa shape index (κ2) is 9.44. The molecular formula is C25H22N4O3S2. The SMILES string of the molecule is COc1ccc(C2CC(c3ccccc3)=NN2C(=O)CSc2nc3ccsc3c(=O)n2C)cc1. The molecule has 5 rings (SSSR count). The van der Waals surface area contributed by atoms with E-state index in [1.165, 1.54) is 27.7 Å². The third-order valence-corrected chi connectivity index (χ3v) is 7.65. The van der Waals surface area contributed by atoms with Crippen molar-refractivity contribution in [3.8, 4) is 5.75 Å². The quantitative estimate of drug-likeness (QED) is 0.294. The third-order valence-electron chi connectivity index (χ3n) is 5.74. The summed E-state index contributed by atoms with van der Waals surface area (Å²) in [4.78, 5) is 30.5. The monoisotopic (exact) mass is 490 g/mol. The molecule has 172 valence electrons. The Balaban J connectivity index is 1.42. The number of hydrogen-bond donors (Lipinski definition) is 0. The molecule has 1 aliphatic heterocycles. The minimum atomic E-state index is -0.217. The predicted octanol–water partition coefficient (Wildman–Crippen LogP) is 4.47. The van der Waals surface area contributed by atoms with Crippen LogP contribution in [0.2, 0.25) is 0 Å². The highest BCUT2D eigenvalue weighted by Crippen LogP contribution is 2.34. The zero-order valence-electron chi connectivity index (χ0n) is 18.7. The maximum Gasteiger partial charge on any atom is 0.271 e. The number of hydrogen-bond acceptors (Lipinski definition) is 7. The highest BCUT2D eigenvalue weighted by molar-refractivity contribution is 7.99. The molecule has 0 fully saturated rings. The molecule has 0 aliphatic carbocycles. The number of rotatable bonds is 6. The van der Waals surface area contributed by atoms with E-state index < -0.39 is 0 Å². The van der Waals surface area contributed by atoms with E-state index in [4.69, 9.17) is 9.84 Å². The Hall–Kier alpha value is -3.43. The van der Waals surface area contributed by atoms with Crippen LogP contribution in [0.4, 0.5) is 0 Å². The predicted molar refractivity (Wildman–Crippen MR) is 136 cm³/mol. The van der Waals surface area contributed by atoms with Crippen LogP contribution in [0.25, 0.3) is 10.2 Å². The van der Waals surface area contributed by atoms with Crippen molar-refractivity contribution in [2.75, 3.05) is 12.9 Å². The van der Waals surface area contributed by atoms with Crippen molar-refractivity contribution in [3.63, 3.8) is 0 Å². The first kappa shape index (κ1) is 22.4. The Kier molecular flexibility index (Phi) is 6.21. The summed E-state index contributed by atoms with van der Waals surface area (Å²) in [6.07, 6.45) is 0.615. The zero-order valence-corrected chi connectivity index (χ0v) is 20.3. The lowest BCUT2D eigenvalue weighted by molar-refractivity contribution is -0.130. The second-order valence-corrected chi connectivity index (χ2v) is 9.68. The Morgan fingerprint density at radius 1 is 1.15 bits per heavy atom. The Bertz CT molecular complexity index is 1430. The van der Waals surface area contributed by atoms with Crippen LogP contribution in [0, 0.1) is 0 Å². The highest BCUT2D eigenvalue weighted by atomic mass is 32.2. The molecule has 9 heteroatoms. The van der Waals surface area contributed by atoms with Gasteiger partial charge < -0.3 is 4.74 Å². The average Bonchev–Trinajstić information content (AvgIpc) is 3.53. The Morgan fingerprint density at radius 3 is 2.65 bits per heavy atom. The molecule has 2 aromatic carbocycles. The molecule has 1 atom stereocenters. The van der Waals surface area contributed by atoms with E-state index in [1.807, 2.05) is 66.0 Å². The van der Waals surface area contributed by atoms with Gasteiger partial charge in [-0.15, -0.1) is 11.3 Å². The van der Waals surface area contributed by atoms with Gasteiger partial charge >= 0.3 is 0 Å². The van der Waals surface area contributed by atoms with Gasteiger partial charge in [0.1, 0.15) is 10.4 Å². The molecule has 0 radical (unpaired) electrons. The molecule has 34 heavy (non-hydrogen) atoms. The molecule has 3 heterocycles. The fourth-order valence-corrected chi connectivity index (χ4v) is 5.55. The van der Waals surface area contributed by atoms with Crippen LogP contribution in [-0.4, -0.2) is 39.0 Å². The smallest absolute Gasteiger partial charge is 0.271 e. The molecule has 1 aliphatic rings. The molecule has 0 bridgehead atoms. The summed E-state index contributed by atoms with van der Waals surface area (Å²) in [5.74, 6) is 0.736. The van der Waals surface area contributed by atoms with Crippen molar-refractivity contribution < 1.29 is 9.53 Å². The van der Waals surface area contributed by atoms with Crippen LogP contribution < -0.4 is 10.3 Å². The largest absolute Gasteiger partial charge is 0.497 e. The van der Waals surface area contributed by atoms with Crippen molar-refractivity contribution in [1.82, 2.24) is 14.6 Å². The minimum Gasteiger partial charge on any atom is -0.497 e. The molecule has 4 aromatic rings. The third kappa shape index (κ3) is 4.24. The number of fused-ring (bicyclic) bond motifs is 1. The van der Waals surface area contributed by atoms with Gasteiger partial charge in [-0.1, -0.05) is 54.2 Å². The normalized spacial score (nSPS) is 15.5. The number of nitrogens with zero attached hydrogens (tertiary/aromatic N) is 4. The van der Waals surface area contributed by atoms with Gasteiger partial charge in [-0.2, -0.15) is 5.10 Å². The van der Waals surface area contributed by atoms with Gasteiger partial charge in [0, 0.05) is 13.5 Å². The lowest BCUT2D eigenvalue weighted by atomic mass is 9.98. The lowest BCUT2D eigenvalue weighted by Crippen LogP contribution is -2.29. The van der Waals surface area contributed by atoms with Crippen molar-refractivity contribution in [3.05, 3.63) is 87.5 Å². The summed E-state index contributed by atoms with van der Waals surface area (Å²) >= 11 is 2.62. The van der Waals surface area contributed by atoms with Crippen molar-refractivity contribution in [1.29, 1.82) is 0 Å². The summed E-state index contributed by atoms with van der Waals surface area (Å²) in [5.41, 5.74) is 3.40. The first-order valence-corrected chi connectivity index (χ1v) is 12.6. The van der Waals surface area contributed by atoms with Gasteiger partial charge in [0.05, 0.1) is 30.1 Å². The number of ether oxygens (including phenoxy) is 1. The first-order valence-electron chi connectivity index (χ1n) is 10.7. The number of benzene rings is 2. The standard InChI is InChI=1S/C25H22N4O3S2/c1-28-24(31)23-19(12-13-33-23)26-25(28)34-15-22(30)29-21(17-8-10-18(32-2)11-9-17)14-20(27-29)16-6-4-3-5-7-16/h3-13,21H,14-15H2,1-2H3. The van der Waals surface area contributed by atoms with Gasteiger partial charge in [0.15, 0.2) is 5.16 Å². The number of thiophene rings is 1. The number of methoxy groups -OCH3 is 1. The van der Waals surface area contributed by atoms with Gasteiger partial charge in [-0.25, -0.2) is 9.99 Å². The molecular weight excluding hydrogens is 468 g/mol. The van der Waals surface area contributed by atoms with E-state index in [2.05, 4.69) is 4.98 Å². The van der Waals surface area contributed by atoms with Gasteiger partial charge in [-0.3, -0.25) is 14.2 Å². The van der Waals surface area contributed by atoms with E-state index in [-0.39, 0.29) is 23.3 Å². The molecule has 1 amide bonds. The average molecular weight is 491 g/mol. The molecule has 7 nitrogen and oxygen atoms in total. The van der Waals surface area contributed by atoms with Gasteiger partial charge in [0.25, 0.3) is 11.5 Å². The zero-order chi connectivity index (χ0) is 23.7. The van der Waals surface area contributed by atoms with Crippen LogP contribution in [0.5, 0.6) is 5.75 Å². The summed E-state index contributed by atoms with van der Waals surface area (Å²) in [6, 6.07) is 19.2. The number of aromatic nitrogens is 2. The van der Waals surface area contributed by atoms with Crippen LogP contribution in [0.1, 0.15) is 23.6 Å². The maximum absolute atomic E-state index is 13.4. The van der Waals surface area contributed by atoms with Crippen LogP contribution >= 0.6 is 23.1 Å². The molecule has 1 unspecified atom stereocenters. The van der Waals surface area contributed by atoms with E-state index in [0.717, 1.165) is 22.6 Å². The number of carbonyl (C=O) groups is 1. The Labute approximate surface area is 204 Å². The van der Waals surface area contributed by atoms with Crippen LogP contribution in [0.15, 0.2) is 81.1 Å². The number of thioether (sulfide) groups is 1. The van der Waals surface area contributed by atoms with Crippen molar-refractivity contribution >= 4 is 44.9 Å². The topological polar surface area (TPSA) is 76.8 Å². The summed E-state index contributed by atoms with van der Waals surface area (Å²) in [7, 11) is 3.31. The van der Waals surface area contributed by atoms with E-state index >= 15 is 0 Å². The Morgan fingerprint density at radius 2 is 1.91 bits per heavy atom. The van der Waals surface area contributed by atoms with E-state index in [1.54, 1.807) is 19.2 Å². The van der Waals surface area contributed by atoms with Crippen LogP contribution in [-0.2, 0) is 11.8 Å². The minimum absolute atomic E-state index is 0.100. The summed E-state index contributed by atoms with van der Waals surface area (Å²) in [6.45, 7) is 0. The fraction of sp³-hybridized carbons (Fsp3) is 0.200. The van der Waals surface area contributed by atoms with Crippen LogP contribution in [0.3, 0.4) is 0 Å².